The summed E-state index contributed by atoms with van der Waals surface area (Å²) in [4.78, 5) is 23.2. The number of aromatic amines is 1. The van der Waals surface area contributed by atoms with E-state index in [2.05, 4.69) is 16.0 Å². The molecule has 1 aromatic carbocycles. The molecule has 6 heteroatoms. The number of likely N-dealkylation sites (tertiary alicyclic amines) is 1. The molecule has 0 radical (unpaired) electrons. The molecule has 0 aliphatic carbocycles. The fourth-order valence-corrected chi connectivity index (χ4v) is 7.03. The summed E-state index contributed by atoms with van der Waals surface area (Å²) in [5.41, 5.74) is 2.06. The molecule has 26 heavy (non-hydrogen) atoms. The Labute approximate surface area is 163 Å². The lowest BCUT2D eigenvalue weighted by atomic mass is 10.0. The van der Waals surface area contributed by atoms with E-state index in [-0.39, 0.29) is 6.04 Å². The summed E-state index contributed by atoms with van der Waals surface area (Å²) in [6.45, 7) is 0.871. The van der Waals surface area contributed by atoms with E-state index in [1.165, 1.54) is 31.4 Å². The Hall–Kier alpha value is -1.14. The van der Waals surface area contributed by atoms with Crippen LogP contribution in [0.5, 0.6) is 0 Å². The van der Waals surface area contributed by atoms with Gasteiger partial charge in [-0.15, -0.1) is 0 Å². The minimum Gasteiger partial charge on any atom is -0.340 e. The van der Waals surface area contributed by atoms with Gasteiger partial charge in [0.25, 0.3) is 0 Å². The molecule has 2 aromatic rings. The number of nitrogens with zero attached hydrogens (tertiary/aromatic N) is 2. The number of carbonyl (C=O) groups excluding carboxylic acids is 1. The van der Waals surface area contributed by atoms with Gasteiger partial charge in [-0.25, -0.2) is 4.98 Å². The molecule has 140 valence electrons. The van der Waals surface area contributed by atoms with E-state index in [0.29, 0.717) is 12.3 Å². The van der Waals surface area contributed by atoms with Crippen molar-refractivity contribution in [1.82, 2.24) is 14.9 Å². The maximum Gasteiger partial charge on any atom is 0.223 e. The van der Waals surface area contributed by atoms with Gasteiger partial charge in [-0.3, -0.25) is 4.79 Å². The maximum absolute atomic E-state index is 12.9. The highest BCUT2D eigenvalue weighted by Gasteiger charge is 2.29. The number of benzene rings is 1. The average molecular weight is 390 g/mol. The van der Waals surface area contributed by atoms with Crippen LogP contribution in [0.3, 0.4) is 0 Å². The molecule has 0 saturated carbocycles. The van der Waals surface area contributed by atoms with Crippen molar-refractivity contribution in [2.45, 2.75) is 62.7 Å². The number of aromatic nitrogens is 2. The van der Waals surface area contributed by atoms with Gasteiger partial charge in [-0.1, -0.05) is 40.1 Å². The van der Waals surface area contributed by atoms with E-state index in [1.807, 2.05) is 39.8 Å². The SMILES string of the molecule is O=C(CCCC[C@@H]1CCSS1)N1CCCCC1c1nc2ccccc2[nH]1. The number of H-pyrrole nitrogens is 1. The number of carbonyl (C=O) groups is 1. The minimum atomic E-state index is 0.116. The van der Waals surface area contributed by atoms with Crippen LogP contribution < -0.4 is 0 Å². The smallest absolute Gasteiger partial charge is 0.223 e. The van der Waals surface area contributed by atoms with Crippen molar-refractivity contribution < 1.29 is 4.79 Å². The van der Waals surface area contributed by atoms with E-state index in [0.717, 1.165) is 47.9 Å². The summed E-state index contributed by atoms with van der Waals surface area (Å²) in [5.74, 6) is 2.56. The molecule has 4 rings (SSSR count). The maximum atomic E-state index is 12.9. The Bertz CT molecular complexity index is 708. The Balaban J connectivity index is 1.36. The monoisotopic (exact) mass is 389 g/mol. The summed E-state index contributed by atoms with van der Waals surface area (Å²) in [6, 6.07) is 8.24. The van der Waals surface area contributed by atoms with Gasteiger partial charge in [-0.2, -0.15) is 0 Å². The fourth-order valence-electron chi connectivity index (χ4n) is 4.00. The second kappa shape index (κ2) is 8.70. The molecular weight excluding hydrogens is 362 g/mol. The van der Waals surface area contributed by atoms with E-state index < -0.39 is 0 Å². The van der Waals surface area contributed by atoms with Crippen molar-refractivity contribution in [3.05, 3.63) is 30.1 Å². The summed E-state index contributed by atoms with van der Waals surface area (Å²) in [5, 5.41) is 0.813. The van der Waals surface area contributed by atoms with E-state index in [9.17, 15) is 4.79 Å². The van der Waals surface area contributed by atoms with Crippen molar-refractivity contribution in [2.75, 3.05) is 12.3 Å². The van der Waals surface area contributed by atoms with Crippen molar-refractivity contribution in [1.29, 1.82) is 0 Å². The molecule has 2 aliphatic heterocycles. The predicted octanol–water partition coefficient (Wildman–Crippen LogP) is 5.33. The van der Waals surface area contributed by atoms with Crippen LogP contribution in [-0.2, 0) is 4.79 Å². The third-order valence-corrected chi connectivity index (χ3v) is 8.45. The van der Waals surface area contributed by atoms with Crippen LogP contribution in [0.1, 0.15) is 63.2 Å². The Morgan fingerprint density at radius 3 is 3.00 bits per heavy atom. The zero-order valence-corrected chi connectivity index (χ0v) is 16.8. The lowest BCUT2D eigenvalue weighted by Crippen LogP contribution is -2.38. The number of rotatable bonds is 6. The number of nitrogens with one attached hydrogen (secondary N) is 1. The van der Waals surface area contributed by atoms with Crippen LogP contribution in [-0.4, -0.2) is 38.3 Å². The predicted molar refractivity (Wildman–Crippen MR) is 111 cm³/mol. The molecule has 2 saturated heterocycles. The van der Waals surface area contributed by atoms with Crippen LogP contribution in [0.4, 0.5) is 0 Å². The molecule has 0 spiro atoms. The van der Waals surface area contributed by atoms with Gasteiger partial charge in [0, 0.05) is 24.0 Å². The Morgan fingerprint density at radius 1 is 1.23 bits per heavy atom. The van der Waals surface area contributed by atoms with E-state index >= 15 is 0 Å². The largest absolute Gasteiger partial charge is 0.340 e. The van der Waals surface area contributed by atoms with Gasteiger partial charge in [0.2, 0.25) is 5.91 Å². The lowest BCUT2D eigenvalue weighted by Gasteiger charge is -2.34. The molecular formula is C20H27N3OS2. The fraction of sp³-hybridized carbons (Fsp3) is 0.600. The van der Waals surface area contributed by atoms with Gasteiger partial charge in [-0.05, 0) is 50.7 Å². The molecule has 3 heterocycles. The third kappa shape index (κ3) is 4.22. The first-order chi connectivity index (χ1) is 12.8. The van der Waals surface area contributed by atoms with Gasteiger partial charge in [0.15, 0.2) is 0 Å². The lowest BCUT2D eigenvalue weighted by molar-refractivity contribution is -0.135. The number of para-hydroxylation sites is 2. The standard InChI is InChI=1S/C20H27N3OS2/c24-19(11-4-1-7-15-12-14-25-26-15)23-13-6-5-10-18(23)20-21-16-8-2-3-9-17(16)22-20/h2-3,8-9,15,18H,1,4-7,10-14H2,(H,21,22)/t15-,18?/m1/s1. The van der Waals surface area contributed by atoms with Gasteiger partial charge >= 0.3 is 0 Å². The highest BCUT2D eigenvalue weighted by atomic mass is 33.1. The zero-order chi connectivity index (χ0) is 17.8. The number of hydrogen-bond acceptors (Lipinski definition) is 4. The Kier molecular flexibility index (Phi) is 6.10. The number of fused-ring (bicyclic) bond motifs is 1. The van der Waals surface area contributed by atoms with E-state index in [1.54, 1.807) is 0 Å². The molecule has 4 nitrogen and oxygen atoms in total. The van der Waals surface area contributed by atoms with Gasteiger partial charge < -0.3 is 9.88 Å². The summed E-state index contributed by atoms with van der Waals surface area (Å²) >= 11 is 0. The molecule has 1 unspecified atom stereocenters. The van der Waals surface area contributed by atoms with Crippen molar-refractivity contribution in [3.8, 4) is 0 Å². The van der Waals surface area contributed by atoms with Crippen molar-refractivity contribution >= 4 is 38.5 Å². The van der Waals surface area contributed by atoms with Crippen LogP contribution >= 0.6 is 21.6 Å². The van der Waals surface area contributed by atoms with E-state index in [4.69, 9.17) is 4.98 Å². The molecule has 0 bridgehead atoms. The highest BCUT2D eigenvalue weighted by molar-refractivity contribution is 8.77. The van der Waals surface area contributed by atoms with Crippen LogP contribution in [0.25, 0.3) is 11.0 Å². The molecule has 2 fully saturated rings. The van der Waals surface area contributed by atoms with Crippen molar-refractivity contribution in [2.24, 2.45) is 0 Å². The second-order valence-electron chi connectivity index (χ2n) is 7.31. The van der Waals surface area contributed by atoms with Crippen LogP contribution in [0.2, 0.25) is 0 Å². The Morgan fingerprint density at radius 2 is 2.15 bits per heavy atom. The zero-order valence-electron chi connectivity index (χ0n) is 15.2. The first-order valence-electron chi connectivity index (χ1n) is 9.83. The average Bonchev–Trinajstić information content (AvgIpc) is 3.34. The van der Waals surface area contributed by atoms with Crippen LogP contribution in [0.15, 0.2) is 24.3 Å². The molecule has 2 atom stereocenters. The number of hydrogen-bond donors (Lipinski definition) is 1. The minimum absolute atomic E-state index is 0.116. The molecule has 1 N–H and O–H groups in total. The molecule has 1 aromatic heterocycles. The first-order valence-corrected chi connectivity index (χ1v) is 12.2. The summed E-state index contributed by atoms with van der Waals surface area (Å²) in [7, 11) is 4.04. The van der Waals surface area contributed by atoms with Crippen molar-refractivity contribution in [3.63, 3.8) is 0 Å². The van der Waals surface area contributed by atoms with Crippen LogP contribution in [0, 0.1) is 0 Å². The number of amides is 1. The van der Waals surface area contributed by atoms with Gasteiger partial charge in [0.05, 0.1) is 17.1 Å². The normalized spacial score (nSPS) is 23.6. The number of unbranched alkanes of at least 4 members (excludes halogenated alkanes) is 1. The quantitative estimate of drug-likeness (QED) is 0.536. The first kappa shape index (κ1) is 18.2. The number of imidazole rings is 1. The van der Waals surface area contributed by atoms with Gasteiger partial charge in [0.1, 0.15) is 5.82 Å². The third-order valence-electron chi connectivity index (χ3n) is 5.44. The topological polar surface area (TPSA) is 49.0 Å². The summed E-state index contributed by atoms with van der Waals surface area (Å²) in [6.07, 6.45) is 8.77. The summed E-state index contributed by atoms with van der Waals surface area (Å²) < 4.78 is 0. The second-order valence-corrected chi connectivity index (χ2v) is 10.1. The molecule has 1 amide bonds. The highest BCUT2D eigenvalue weighted by Crippen LogP contribution is 2.40. The number of piperidine rings is 1. The molecule has 2 aliphatic rings.